The van der Waals surface area contributed by atoms with Crippen molar-refractivity contribution in [1.29, 1.82) is 0 Å². The summed E-state index contributed by atoms with van der Waals surface area (Å²) in [5.41, 5.74) is 2.01. The van der Waals surface area contributed by atoms with Crippen molar-refractivity contribution >= 4 is 33.4 Å². The third-order valence-corrected chi connectivity index (χ3v) is 5.81. The van der Waals surface area contributed by atoms with Crippen LogP contribution in [0.1, 0.15) is 17.7 Å². The largest absolute Gasteiger partial charge is 0.369 e. The van der Waals surface area contributed by atoms with E-state index < -0.39 is 10.0 Å². The molecule has 0 spiro atoms. The molecule has 140 valence electrons. The van der Waals surface area contributed by atoms with Crippen molar-refractivity contribution in [1.82, 2.24) is 14.9 Å². The molecule has 1 saturated heterocycles. The fourth-order valence-corrected chi connectivity index (χ4v) is 3.81. The van der Waals surface area contributed by atoms with Crippen LogP contribution in [0.15, 0.2) is 0 Å². The Kier molecular flexibility index (Phi) is 5.67. The zero-order valence-corrected chi connectivity index (χ0v) is 16.0. The molecular weight excluding hydrogens is 364 g/mol. The predicted molar refractivity (Wildman–Crippen MR) is 99.9 cm³/mol. The van der Waals surface area contributed by atoms with Gasteiger partial charge in [-0.25, -0.2) is 18.5 Å². The minimum absolute atomic E-state index is 0.0833. The van der Waals surface area contributed by atoms with Gasteiger partial charge >= 0.3 is 0 Å². The number of rotatable bonds is 5. The molecule has 0 radical (unpaired) electrons. The number of nitrogens with two attached hydrogens (primary N) is 1. The van der Waals surface area contributed by atoms with Crippen LogP contribution >= 0.6 is 11.6 Å². The number of primary sulfonamides is 1. The molecule has 10 heteroatoms. The van der Waals surface area contributed by atoms with Crippen molar-refractivity contribution in [2.75, 3.05) is 55.7 Å². The summed E-state index contributed by atoms with van der Waals surface area (Å²) >= 11 is 6.32. The summed E-state index contributed by atoms with van der Waals surface area (Å²) < 4.78 is 22.3. The lowest BCUT2D eigenvalue weighted by molar-refractivity contribution is 0.311. The second-order valence-corrected chi connectivity index (χ2v) is 9.07. The van der Waals surface area contributed by atoms with Gasteiger partial charge in [0, 0.05) is 50.1 Å². The number of alkyl halides is 1. The van der Waals surface area contributed by atoms with E-state index in [4.69, 9.17) is 21.7 Å². The molecule has 1 fully saturated rings. The number of sulfonamides is 1. The molecule has 0 aromatic carbocycles. The van der Waals surface area contributed by atoms with Crippen molar-refractivity contribution in [3.05, 3.63) is 11.3 Å². The molecule has 2 heterocycles. The molecule has 1 aromatic heterocycles. The molecule has 0 saturated carbocycles. The topological polar surface area (TPSA) is 104 Å². The lowest BCUT2D eigenvalue weighted by atomic mass is 9.96. The second kappa shape index (κ2) is 7.61. The molecule has 8 nitrogen and oxygen atoms in total. The Hall–Kier alpha value is -1.16. The Morgan fingerprint density at radius 3 is 2.68 bits per heavy atom. The van der Waals surface area contributed by atoms with Crippen molar-refractivity contribution in [2.24, 2.45) is 5.14 Å². The molecule has 25 heavy (non-hydrogen) atoms. The van der Waals surface area contributed by atoms with Crippen LogP contribution < -0.4 is 15.4 Å². The molecule has 0 amide bonds. The molecule has 1 atom stereocenters. The number of hydrogen-bond acceptors (Lipinski definition) is 7. The molecular formula is C15H25ClN6O2S. The normalized spacial score (nSPS) is 21.9. The summed E-state index contributed by atoms with van der Waals surface area (Å²) in [4.78, 5) is 13.9. The van der Waals surface area contributed by atoms with Gasteiger partial charge in [-0.3, -0.25) is 0 Å². The van der Waals surface area contributed by atoms with Gasteiger partial charge in [0.1, 0.15) is 5.82 Å². The van der Waals surface area contributed by atoms with Gasteiger partial charge in [0.2, 0.25) is 16.0 Å². The lowest BCUT2D eigenvalue weighted by Gasteiger charge is -2.33. The summed E-state index contributed by atoms with van der Waals surface area (Å²) in [5, 5.41) is 8.31. The van der Waals surface area contributed by atoms with Crippen molar-refractivity contribution < 1.29 is 8.42 Å². The molecule has 2 aliphatic rings. The number of piperazine rings is 1. The maximum atomic E-state index is 11.2. The second-order valence-electron chi connectivity index (χ2n) is 6.72. The monoisotopic (exact) mass is 388 g/mol. The Morgan fingerprint density at radius 2 is 2.00 bits per heavy atom. The van der Waals surface area contributed by atoms with Crippen LogP contribution in [-0.2, 0) is 22.9 Å². The first-order chi connectivity index (χ1) is 11.8. The maximum absolute atomic E-state index is 11.2. The smallest absolute Gasteiger partial charge is 0.227 e. The van der Waals surface area contributed by atoms with Crippen LogP contribution in [-0.4, -0.2) is 74.2 Å². The number of fused-ring (bicyclic) bond motifs is 1. The minimum atomic E-state index is -3.50. The van der Waals surface area contributed by atoms with E-state index >= 15 is 0 Å². The Bertz CT molecular complexity index is 721. The fourth-order valence-electron chi connectivity index (χ4n) is 3.17. The van der Waals surface area contributed by atoms with Crippen molar-refractivity contribution in [2.45, 2.75) is 24.6 Å². The highest BCUT2D eigenvalue weighted by atomic mass is 35.5. The maximum Gasteiger partial charge on any atom is 0.227 e. The number of anilines is 2. The number of nitrogens with one attached hydrogen (secondary N) is 1. The van der Waals surface area contributed by atoms with E-state index in [1.807, 2.05) is 0 Å². The van der Waals surface area contributed by atoms with E-state index in [1.165, 1.54) is 0 Å². The summed E-state index contributed by atoms with van der Waals surface area (Å²) in [6.45, 7) is 3.90. The molecule has 1 aliphatic heterocycles. The predicted octanol–water partition coefficient (Wildman–Crippen LogP) is 0.0249. The number of likely N-dealkylation sites (N-methyl/N-ethyl adjacent to an activating group) is 1. The SMILES string of the molecule is CN1CCN(c2nc3c(c(NCCS(N)(=O)=O)n2)CCC(Cl)C3)CC1. The third-order valence-electron chi connectivity index (χ3n) is 4.67. The van der Waals surface area contributed by atoms with E-state index in [0.29, 0.717) is 18.2 Å². The average molecular weight is 389 g/mol. The number of hydrogen-bond donors (Lipinski definition) is 2. The molecule has 1 aliphatic carbocycles. The quantitative estimate of drug-likeness (QED) is 0.685. The van der Waals surface area contributed by atoms with Gasteiger partial charge in [-0.2, -0.15) is 4.98 Å². The van der Waals surface area contributed by atoms with Gasteiger partial charge in [0.05, 0.1) is 11.4 Å². The summed E-state index contributed by atoms with van der Waals surface area (Å²) in [6.07, 6.45) is 2.38. The first kappa shape index (κ1) is 18.6. The van der Waals surface area contributed by atoms with Gasteiger partial charge < -0.3 is 15.1 Å². The zero-order valence-electron chi connectivity index (χ0n) is 14.4. The first-order valence-corrected chi connectivity index (χ1v) is 10.7. The highest BCUT2D eigenvalue weighted by Gasteiger charge is 2.25. The summed E-state index contributed by atoms with van der Waals surface area (Å²) in [6, 6.07) is 0. The Balaban J connectivity index is 1.84. The van der Waals surface area contributed by atoms with E-state index in [9.17, 15) is 8.42 Å². The van der Waals surface area contributed by atoms with Crippen LogP contribution in [0.2, 0.25) is 0 Å². The summed E-state index contributed by atoms with van der Waals surface area (Å²) in [5.74, 6) is 1.27. The number of aromatic nitrogens is 2. The highest BCUT2D eigenvalue weighted by molar-refractivity contribution is 7.89. The van der Waals surface area contributed by atoms with Gasteiger partial charge in [-0.05, 0) is 19.9 Å². The molecule has 1 unspecified atom stereocenters. The van der Waals surface area contributed by atoms with Crippen LogP contribution in [0.5, 0.6) is 0 Å². The van der Waals surface area contributed by atoms with Gasteiger partial charge in [0.15, 0.2) is 0 Å². The summed E-state index contributed by atoms with van der Waals surface area (Å²) in [7, 11) is -1.40. The molecule has 3 rings (SSSR count). The van der Waals surface area contributed by atoms with E-state index in [2.05, 4.69) is 27.1 Å². The van der Waals surface area contributed by atoms with Gasteiger partial charge in [0.25, 0.3) is 0 Å². The third kappa shape index (κ3) is 4.93. The molecule has 0 bridgehead atoms. The Labute approximate surface area is 153 Å². The van der Waals surface area contributed by atoms with E-state index in [1.54, 1.807) is 0 Å². The zero-order chi connectivity index (χ0) is 18.0. The van der Waals surface area contributed by atoms with Crippen LogP contribution in [0.3, 0.4) is 0 Å². The van der Waals surface area contributed by atoms with E-state index in [0.717, 1.165) is 50.3 Å². The van der Waals surface area contributed by atoms with E-state index in [-0.39, 0.29) is 17.7 Å². The molecule has 1 aromatic rings. The fraction of sp³-hybridized carbons (Fsp3) is 0.733. The van der Waals surface area contributed by atoms with Gasteiger partial charge in [-0.1, -0.05) is 0 Å². The van der Waals surface area contributed by atoms with Gasteiger partial charge in [-0.15, -0.1) is 11.6 Å². The number of nitrogens with zero attached hydrogens (tertiary/aromatic N) is 4. The number of halogens is 1. The van der Waals surface area contributed by atoms with Crippen LogP contribution in [0.25, 0.3) is 0 Å². The Morgan fingerprint density at radius 1 is 1.28 bits per heavy atom. The minimum Gasteiger partial charge on any atom is -0.369 e. The standard InChI is InChI=1S/C15H25ClN6O2S/c1-21-5-7-22(8-6-21)15-19-13-10-11(16)2-3-12(13)14(20-15)18-4-9-25(17,23)24/h11H,2-10H2,1H3,(H2,17,23,24)(H,18,19,20). The lowest BCUT2D eigenvalue weighted by Crippen LogP contribution is -2.45. The first-order valence-electron chi connectivity index (χ1n) is 8.53. The molecule has 3 N–H and O–H groups in total. The van der Waals surface area contributed by atoms with Crippen molar-refractivity contribution in [3.63, 3.8) is 0 Å². The van der Waals surface area contributed by atoms with Crippen molar-refractivity contribution in [3.8, 4) is 0 Å². The van der Waals surface area contributed by atoms with Crippen LogP contribution in [0.4, 0.5) is 11.8 Å². The highest BCUT2D eigenvalue weighted by Crippen LogP contribution is 2.30. The average Bonchev–Trinajstić information content (AvgIpc) is 2.53. The van der Waals surface area contributed by atoms with Crippen LogP contribution in [0, 0.1) is 0 Å².